The number of esters is 1. The molecule has 11 heteroatoms. The van der Waals surface area contributed by atoms with E-state index in [1.807, 2.05) is 0 Å². The van der Waals surface area contributed by atoms with Gasteiger partial charge in [0, 0.05) is 33.9 Å². The van der Waals surface area contributed by atoms with Gasteiger partial charge in [-0.3, -0.25) is 18.9 Å². The number of benzene rings is 1. The summed E-state index contributed by atoms with van der Waals surface area (Å²) in [6.45, 7) is -0.223. The van der Waals surface area contributed by atoms with Crippen LogP contribution in [0.4, 0.5) is 5.69 Å². The number of rotatable bonds is 6. The molecule has 1 atom stereocenters. The summed E-state index contributed by atoms with van der Waals surface area (Å²) in [7, 11) is 1.22. The fourth-order valence-electron chi connectivity index (χ4n) is 3.51. The average Bonchev–Trinajstić information content (AvgIpc) is 3.28. The average molecular weight is 496 g/mol. The highest BCUT2D eigenvalue weighted by atomic mass is 35.5. The van der Waals surface area contributed by atoms with Crippen molar-refractivity contribution in [3.63, 3.8) is 0 Å². The van der Waals surface area contributed by atoms with Crippen LogP contribution in [0, 0.1) is 0 Å². The monoisotopic (exact) mass is 494 g/mol. The third kappa shape index (κ3) is 4.45. The van der Waals surface area contributed by atoms with Gasteiger partial charge < -0.3 is 9.84 Å². The molecule has 0 spiro atoms. The molecular formula is C21H17Cl3N4O4. The Kier molecular flexibility index (Phi) is 6.39. The summed E-state index contributed by atoms with van der Waals surface area (Å²) in [5.41, 5.74) is 2.14. The number of halogens is 3. The van der Waals surface area contributed by atoms with E-state index in [1.54, 1.807) is 24.3 Å². The van der Waals surface area contributed by atoms with E-state index in [0.29, 0.717) is 33.6 Å². The molecule has 0 bridgehead atoms. The summed E-state index contributed by atoms with van der Waals surface area (Å²) in [6.07, 6.45) is 0.639. The zero-order valence-corrected chi connectivity index (χ0v) is 19.0. The maximum atomic E-state index is 13.1. The Hall–Kier alpha value is -2.65. The van der Waals surface area contributed by atoms with Crippen LogP contribution < -0.4 is 5.69 Å². The lowest BCUT2D eigenvalue weighted by molar-refractivity contribution is -0.141. The lowest BCUT2D eigenvalue weighted by Crippen LogP contribution is -2.30. The van der Waals surface area contributed by atoms with E-state index in [-0.39, 0.29) is 23.8 Å². The van der Waals surface area contributed by atoms with Crippen molar-refractivity contribution in [3.05, 3.63) is 79.2 Å². The number of hydrogen-bond acceptors (Lipinski definition) is 6. The minimum absolute atomic E-state index is 0.148. The van der Waals surface area contributed by atoms with Crippen LogP contribution in [0.1, 0.15) is 23.1 Å². The maximum Gasteiger partial charge on any atom is 0.329 e. The van der Waals surface area contributed by atoms with E-state index in [2.05, 4.69) is 9.98 Å². The fraction of sp³-hybridized carbons (Fsp3) is 0.238. The first-order valence-electron chi connectivity index (χ1n) is 9.48. The van der Waals surface area contributed by atoms with Crippen molar-refractivity contribution in [2.45, 2.75) is 25.6 Å². The fourth-order valence-corrected chi connectivity index (χ4v) is 4.18. The van der Waals surface area contributed by atoms with E-state index in [1.165, 1.54) is 23.9 Å². The first kappa shape index (κ1) is 22.5. The molecule has 1 aliphatic heterocycles. The number of methoxy groups -OCH3 is 1. The summed E-state index contributed by atoms with van der Waals surface area (Å²) < 4.78 is 7.23. The highest BCUT2D eigenvalue weighted by Gasteiger charge is 2.25. The number of hydrogen-bond donors (Lipinski definition) is 1. The van der Waals surface area contributed by atoms with Gasteiger partial charge in [-0.1, -0.05) is 40.9 Å². The normalized spacial score (nSPS) is 13.6. The van der Waals surface area contributed by atoms with E-state index >= 15 is 0 Å². The lowest BCUT2D eigenvalue weighted by atomic mass is 10.1. The Labute approximate surface area is 197 Å². The van der Waals surface area contributed by atoms with Crippen LogP contribution in [0.25, 0.3) is 0 Å². The van der Waals surface area contributed by atoms with Crippen LogP contribution in [0.5, 0.6) is 0 Å². The van der Waals surface area contributed by atoms with Gasteiger partial charge in [0.1, 0.15) is 17.8 Å². The summed E-state index contributed by atoms with van der Waals surface area (Å²) in [6, 6.07) is 8.04. The van der Waals surface area contributed by atoms with Crippen LogP contribution in [0.3, 0.4) is 0 Å². The van der Waals surface area contributed by atoms with Crippen molar-refractivity contribution in [1.29, 1.82) is 0 Å². The predicted molar refractivity (Wildman–Crippen MR) is 121 cm³/mol. The molecular weight excluding hydrogens is 479 g/mol. The molecule has 3 aromatic rings. The van der Waals surface area contributed by atoms with Gasteiger partial charge in [0.05, 0.1) is 30.7 Å². The standard InChI is InChI=1S/C21H17Cl3N4O4/c1-32-19(29)10-28-17(20(30)13-3-2-11(22)6-14(13)23)9-27(21(28)31)8-12-7-16-15(25-12)4-5-18(24)26-16/h2-6,9,20,30H,7-8,10H2,1H3. The molecule has 3 heterocycles. The van der Waals surface area contributed by atoms with Gasteiger partial charge in [-0.05, 0) is 24.3 Å². The summed E-state index contributed by atoms with van der Waals surface area (Å²) in [5.74, 6) is -0.634. The number of aliphatic imine (C=N–C) groups is 1. The Morgan fingerprint density at radius 1 is 1.25 bits per heavy atom. The quantitative estimate of drug-likeness (QED) is 0.416. The van der Waals surface area contributed by atoms with Crippen molar-refractivity contribution in [1.82, 2.24) is 14.1 Å². The Balaban J connectivity index is 1.70. The predicted octanol–water partition coefficient (Wildman–Crippen LogP) is 3.59. The van der Waals surface area contributed by atoms with E-state index in [4.69, 9.17) is 39.5 Å². The lowest BCUT2D eigenvalue weighted by Gasteiger charge is -2.14. The number of carbonyl (C=O) groups excluding carboxylic acids is 1. The Bertz CT molecular complexity index is 1300. The number of aromatic nitrogens is 3. The second kappa shape index (κ2) is 9.07. The molecule has 166 valence electrons. The minimum atomic E-state index is -1.28. The molecule has 32 heavy (non-hydrogen) atoms. The molecule has 2 aromatic heterocycles. The number of carbonyl (C=O) groups is 1. The second-order valence-electron chi connectivity index (χ2n) is 7.15. The molecule has 8 nitrogen and oxygen atoms in total. The topological polar surface area (TPSA) is 98.7 Å². The zero-order valence-electron chi connectivity index (χ0n) is 16.8. The summed E-state index contributed by atoms with van der Waals surface area (Å²) in [5, 5.41) is 12.0. The number of fused-ring (bicyclic) bond motifs is 1. The molecule has 0 radical (unpaired) electrons. The molecule has 0 saturated heterocycles. The van der Waals surface area contributed by atoms with Gasteiger partial charge >= 0.3 is 11.7 Å². The van der Waals surface area contributed by atoms with Gasteiger partial charge in [-0.15, -0.1) is 0 Å². The van der Waals surface area contributed by atoms with Crippen molar-refractivity contribution < 1.29 is 14.6 Å². The number of nitrogens with zero attached hydrogens (tertiary/aromatic N) is 4. The van der Waals surface area contributed by atoms with Crippen molar-refractivity contribution >= 4 is 52.2 Å². The summed E-state index contributed by atoms with van der Waals surface area (Å²) >= 11 is 18.1. The third-order valence-electron chi connectivity index (χ3n) is 5.05. The van der Waals surface area contributed by atoms with Gasteiger partial charge in [-0.25, -0.2) is 9.78 Å². The van der Waals surface area contributed by atoms with Crippen molar-refractivity contribution in [2.24, 2.45) is 4.99 Å². The van der Waals surface area contributed by atoms with E-state index in [9.17, 15) is 14.7 Å². The van der Waals surface area contributed by atoms with Gasteiger partial charge in [0.15, 0.2) is 0 Å². The number of pyridine rings is 1. The molecule has 1 unspecified atom stereocenters. The molecule has 0 aliphatic carbocycles. The molecule has 0 fully saturated rings. The third-order valence-corrected chi connectivity index (χ3v) is 5.82. The molecule has 1 aliphatic rings. The number of ether oxygens (including phenoxy) is 1. The summed E-state index contributed by atoms with van der Waals surface area (Å²) in [4.78, 5) is 33.8. The minimum Gasteiger partial charge on any atom is -0.468 e. The molecule has 0 saturated carbocycles. The van der Waals surface area contributed by atoms with Crippen LogP contribution in [0.15, 0.2) is 46.3 Å². The molecule has 1 N–H and O–H groups in total. The van der Waals surface area contributed by atoms with Gasteiger partial charge in [-0.2, -0.15) is 0 Å². The van der Waals surface area contributed by atoms with Gasteiger partial charge in [0.2, 0.25) is 0 Å². The van der Waals surface area contributed by atoms with Crippen molar-refractivity contribution in [2.75, 3.05) is 7.11 Å². The Morgan fingerprint density at radius 3 is 2.75 bits per heavy atom. The molecule has 0 amide bonds. The van der Waals surface area contributed by atoms with Crippen LogP contribution >= 0.6 is 34.8 Å². The van der Waals surface area contributed by atoms with Crippen LogP contribution in [-0.2, 0) is 29.0 Å². The zero-order chi connectivity index (χ0) is 23.0. The maximum absolute atomic E-state index is 13.1. The molecule has 4 rings (SSSR count). The first-order chi connectivity index (χ1) is 15.3. The van der Waals surface area contributed by atoms with Gasteiger partial charge in [0.25, 0.3) is 0 Å². The number of imidazole rings is 1. The van der Waals surface area contributed by atoms with Crippen LogP contribution in [0.2, 0.25) is 15.2 Å². The first-order valence-corrected chi connectivity index (χ1v) is 10.6. The Morgan fingerprint density at radius 2 is 2.03 bits per heavy atom. The highest BCUT2D eigenvalue weighted by Crippen LogP contribution is 2.31. The largest absolute Gasteiger partial charge is 0.468 e. The van der Waals surface area contributed by atoms with E-state index in [0.717, 1.165) is 10.3 Å². The molecule has 1 aromatic carbocycles. The highest BCUT2D eigenvalue weighted by molar-refractivity contribution is 6.35. The SMILES string of the molecule is COC(=O)Cn1c(C(O)c2ccc(Cl)cc2Cl)cn(CC2=Nc3ccc(Cl)nc3C2)c1=O. The smallest absolute Gasteiger partial charge is 0.329 e. The van der Waals surface area contributed by atoms with Crippen LogP contribution in [-0.4, -0.2) is 38.0 Å². The van der Waals surface area contributed by atoms with Crippen molar-refractivity contribution in [3.8, 4) is 0 Å². The number of aliphatic hydroxyl groups is 1. The van der Waals surface area contributed by atoms with E-state index < -0.39 is 17.8 Å². The second-order valence-corrected chi connectivity index (χ2v) is 8.38. The number of aliphatic hydroxyl groups excluding tert-OH is 1.